The lowest BCUT2D eigenvalue weighted by atomic mass is 10.1. The van der Waals surface area contributed by atoms with Crippen LogP contribution in [0.3, 0.4) is 0 Å². The van der Waals surface area contributed by atoms with E-state index in [0.29, 0.717) is 6.54 Å². The van der Waals surface area contributed by atoms with E-state index >= 15 is 0 Å². The summed E-state index contributed by atoms with van der Waals surface area (Å²) < 4.78 is 0. The smallest absolute Gasteiger partial charge is 0.338 e. The van der Waals surface area contributed by atoms with Gasteiger partial charge in [0.2, 0.25) is 0 Å². The van der Waals surface area contributed by atoms with Gasteiger partial charge in [-0.1, -0.05) is 6.92 Å². The Morgan fingerprint density at radius 1 is 1.40 bits per heavy atom. The van der Waals surface area contributed by atoms with Gasteiger partial charge in [-0.05, 0) is 12.1 Å². The number of thiazole rings is 1. The fourth-order valence-electron chi connectivity index (χ4n) is 1.65. The van der Waals surface area contributed by atoms with E-state index in [1.165, 1.54) is 29.7 Å². The van der Waals surface area contributed by atoms with E-state index in [1.54, 1.807) is 6.20 Å². The van der Waals surface area contributed by atoms with Crippen molar-refractivity contribution in [3.63, 3.8) is 0 Å². The van der Waals surface area contributed by atoms with Gasteiger partial charge in [-0.25, -0.2) is 9.78 Å². The third kappa shape index (κ3) is 3.18. The number of nitrogens with zero attached hydrogens (tertiary/aromatic N) is 2. The van der Waals surface area contributed by atoms with E-state index in [4.69, 9.17) is 5.11 Å². The van der Waals surface area contributed by atoms with Crippen molar-refractivity contribution in [3.05, 3.63) is 46.2 Å². The molecular formula is C13H13N3O3S. The minimum Gasteiger partial charge on any atom is -0.478 e. The van der Waals surface area contributed by atoms with E-state index in [-0.39, 0.29) is 17.2 Å². The van der Waals surface area contributed by atoms with Crippen LogP contribution in [0.4, 0.5) is 0 Å². The van der Waals surface area contributed by atoms with Crippen molar-refractivity contribution in [1.82, 2.24) is 15.3 Å². The van der Waals surface area contributed by atoms with Crippen LogP contribution in [0.25, 0.3) is 0 Å². The maximum absolute atomic E-state index is 12.0. The van der Waals surface area contributed by atoms with Crippen LogP contribution in [0, 0.1) is 0 Å². The molecule has 1 atom stereocenters. The maximum atomic E-state index is 12.0. The number of hydrogen-bond acceptors (Lipinski definition) is 5. The summed E-state index contributed by atoms with van der Waals surface area (Å²) in [6, 6.07) is 2.84. The molecule has 2 N–H and O–H groups in total. The van der Waals surface area contributed by atoms with Crippen LogP contribution in [0.15, 0.2) is 29.9 Å². The first-order chi connectivity index (χ1) is 9.59. The quantitative estimate of drug-likeness (QED) is 0.876. The Morgan fingerprint density at radius 2 is 2.20 bits per heavy atom. The molecule has 7 heteroatoms. The molecule has 0 bridgehead atoms. The average Bonchev–Trinajstić information content (AvgIpc) is 2.98. The van der Waals surface area contributed by atoms with Gasteiger partial charge in [0.05, 0.1) is 10.6 Å². The largest absolute Gasteiger partial charge is 0.478 e. The van der Waals surface area contributed by atoms with Crippen molar-refractivity contribution in [3.8, 4) is 0 Å². The zero-order chi connectivity index (χ0) is 14.5. The summed E-state index contributed by atoms with van der Waals surface area (Å²) in [5.41, 5.74) is -0.182. The number of carbonyl (C=O) groups is 2. The summed E-state index contributed by atoms with van der Waals surface area (Å²) in [6.45, 7) is 2.32. The van der Waals surface area contributed by atoms with Gasteiger partial charge < -0.3 is 10.4 Å². The Morgan fingerprint density at radius 3 is 2.85 bits per heavy atom. The first-order valence-corrected chi connectivity index (χ1v) is 6.83. The lowest BCUT2D eigenvalue weighted by molar-refractivity contribution is 0.0690. The van der Waals surface area contributed by atoms with Gasteiger partial charge in [-0.2, -0.15) is 0 Å². The summed E-state index contributed by atoms with van der Waals surface area (Å²) >= 11 is 1.51. The van der Waals surface area contributed by atoms with Gasteiger partial charge in [0, 0.05) is 30.2 Å². The highest BCUT2D eigenvalue weighted by molar-refractivity contribution is 7.09. The number of amides is 1. The van der Waals surface area contributed by atoms with Crippen LogP contribution >= 0.6 is 11.3 Å². The fourth-order valence-corrected chi connectivity index (χ4v) is 2.35. The molecule has 0 aliphatic rings. The van der Waals surface area contributed by atoms with Crippen molar-refractivity contribution in [2.45, 2.75) is 12.8 Å². The van der Waals surface area contributed by atoms with Crippen LogP contribution in [0.5, 0.6) is 0 Å². The molecule has 2 rings (SSSR count). The molecule has 0 fully saturated rings. The molecule has 0 aliphatic heterocycles. The van der Waals surface area contributed by atoms with Gasteiger partial charge in [0.15, 0.2) is 0 Å². The number of carbonyl (C=O) groups excluding carboxylic acids is 1. The highest BCUT2D eigenvalue weighted by Gasteiger charge is 2.18. The number of carboxylic acid groups (broad SMARTS) is 1. The fraction of sp³-hybridized carbons (Fsp3) is 0.231. The maximum Gasteiger partial charge on any atom is 0.338 e. The topological polar surface area (TPSA) is 92.2 Å². The molecule has 0 radical (unpaired) electrons. The molecule has 2 aromatic rings. The molecule has 0 spiro atoms. The molecule has 1 amide bonds. The van der Waals surface area contributed by atoms with Crippen LogP contribution in [0.2, 0.25) is 0 Å². The predicted octanol–water partition coefficient (Wildman–Crippen LogP) is 1.77. The SMILES string of the molecule is CC(CNC(=O)c1ncccc1C(=O)O)c1nccs1. The number of aromatic carboxylic acids is 1. The van der Waals surface area contributed by atoms with Crippen LogP contribution in [0.1, 0.15) is 38.7 Å². The molecular weight excluding hydrogens is 278 g/mol. The molecule has 104 valence electrons. The first kappa shape index (κ1) is 14.1. The number of aromatic nitrogens is 2. The standard InChI is InChI=1S/C13H13N3O3S/c1-8(12-15-5-6-20-12)7-16-11(17)10-9(13(18)19)3-2-4-14-10/h2-6,8H,7H2,1H3,(H,16,17)(H,18,19). The molecule has 6 nitrogen and oxygen atoms in total. The molecule has 0 saturated carbocycles. The third-order valence-corrected chi connectivity index (χ3v) is 3.70. The molecule has 2 heterocycles. The summed E-state index contributed by atoms with van der Waals surface area (Å²) in [6.07, 6.45) is 3.10. The molecule has 20 heavy (non-hydrogen) atoms. The number of pyridine rings is 1. The summed E-state index contributed by atoms with van der Waals surface area (Å²) in [5.74, 6) is -1.60. The number of rotatable bonds is 5. The number of carboxylic acids is 1. The molecule has 2 aromatic heterocycles. The second-order valence-electron chi connectivity index (χ2n) is 4.19. The molecule has 0 aliphatic carbocycles. The van der Waals surface area contributed by atoms with Crippen LogP contribution in [-0.4, -0.2) is 33.5 Å². The zero-order valence-corrected chi connectivity index (χ0v) is 11.6. The highest BCUT2D eigenvalue weighted by atomic mass is 32.1. The number of hydrogen-bond donors (Lipinski definition) is 2. The van der Waals surface area contributed by atoms with E-state index in [9.17, 15) is 9.59 Å². The Hall–Kier alpha value is -2.28. The summed E-state index contributed by atoms with van der Waals surface area (Å²) in [5, 5.41) is 14.5. The lowest BCUT2D eigenvalue weighted by Gasteiger charge is -2.10. The predicted molar refractivity (Wildman–Crippen MR) is 74.1 cm³/mol. The van der Waals surface area contributed by atoms with Crippen molar-refractivity contribution < 1.29 is 14.7 Å². The Labute approximate surface area is 119 Å². The van der Waals surface area contributed by atoms with Crippen molar-refractivity contribution in [1.29, 1.82) is 0 Å². The Bertz CT molecular complexity index is 613. The average molecular weight is 291 g/mol. The minimum atomic E-state index is -1.17. The Balaban J connectivity index is 2.04. The van der Waals surface area contributed by atoms with Gasteiger partial charge in [-0.15, -0.1) is 11.3 Å². The second-order valence-corrected chi connectivity index (χ2v) is 5.11. The third-order valence-electron chi connectivity index (χ3n) is 2.69. The van der Waals surface area contributed by atoms with Gasteiger partial charge in [0.25, 0.3) is 5.91 Å². The molecule has 0 aromatic carbocycles. The van der Waals surface area contributed by atoms with Crippen molar-refractivity contribution in [2.75, 3.05) is 6.54 Å². The zero-order valence-electron chi connectivity index (χ0n) is 10.7. The van der Waals surface area contributed by atoms with Gasteiger partial charge in [0.1, 0.15) is 5.69 Å². The van der Waals surface area contributed by atoms with Crippen LogP contribution < -0.4 is 5.32 Å². The summed E-state index contributed by atoms with van der Waals surface area (Å²) in [4.78, 5) is 31.0. The van der Waals surface area contributed by atoms with Gasteiger partial charge in [-0.3, -0.25) is 9.78 Å². The lowest BCUT2D eigenvalue weighted by Crippen LogP contribution is -2.29. The highest BCUT2D eigenvalue weighted by Crippen LogP contribution is 2.16. The minimum absolute atomic E-state index is 0.0657. The Kier molecular flexibility index (Phi) is 4.41. The first-order valence-electron chi connectivity index (χ1n) is 5.95. The van der Waals surface area contributed by atoms with E-state index in [0.717, 1.165) is 5.01 Å². The van der Waals surface area contributed by atoms with E-state index in [2.05, 4.69) is 15.3 Å². The van der Waals surface area contributed by atoms with Crippen molar-refractivity contribution in [2.24, 2.45) is 0 Å². The second kappa shape index (κ2) is 6.25. The number of nitrogens with one attached hydrogen (secondary N) is 1. The van der Waals surface area contributed by atoms with Crippen molar-refractivity contribution >= 4 is 23.2 Å². The van der Waals surface area contributed by atoms with E-state index in [1.807, 2.05) is 12.3 Å². The summed E-state index contributed by atoms with van der Waals surface area (Å²) in [7, 11) is 0. The monoisotopic (exact) mass is 291 g/mol. The van der Waals surface area contributed by atoms with Crippen LogP contribution in [-0.2, 0) is 0 Å². The molecule has 0 saturated heterocycles. The normalized spacial score (nSPS) is 11.8. The van der Waals surface area contributed by atoms with E-state index < -0.39 is 11.9 Å². The van der Waals surface area contributed by atoms with Gasteiger partial charge >= 0.3 is 5.97 Å². The molecule has 1 unspecified atom stereocenters.